The van der Waals surface area contributed by atoms with Gasteiger partial charge in [0.1, 0.15) is 12.4 Å². The second-order valence-electron chi connectivity index (χ2n) is 6.26. The standard InChI is InChI=1S/C21H19NO4/c1-2-25-16-10-8-14(9-11-16)17-12-19(23)22(15-6-4-3-5-7-15)18-13-26-21(24)20(17)18/h3-11,17H,2,12-13H2,1H3. The largest absolute Gasteiger partial charge is 0.494 e. The highest BCUT2D eigenvalue weighted by Gasteiger charge is 2.42. The van der Waals surface area contributed by atoms with Crippen LogP contribution in [0.25, 0.3) is 0 Å². The van der Waals surface area contributed by atoms with Crippen LogP contribution in [0.5, 0.6) is 5.75 Å². The fourth-order valence-corrected chi connectivity index (χ4v) is 3.58. The number of para-hydroxylation sites is 1. The summed E-state index contributed by atoms with van der Waals surface area (Å²) in [7, 11) is 0. The van der Waals surface area contributed by atoms with Crippen LogP contribution >= 0.6 is 0 Å². The van der Waals surface area contributed by atoms with Crippen LogP contribution in [0.2, 0.25) is 0 Å². The molecule has 2 heterocycles. The highest BCUT2D eigenvalue weighted by Crippen LogP contribution is 2.42. The van der Waals surface area contributed by atoms with Gasteiger partial charge in [0.25, 0.3) is 0 Å². The lowest BCUT2D eigenvalue weighted by molar-refractivity contribution is -0.136. The van der Waals surface area contributed by atoms with Gasteiger partial charge in [0.15, 0.2) is 0 Å². The molecule has 0 saturated heterocycles. The number of nitrogens with zero attached hydrogens (tertiary/aromatic N) is 1. The van der Waals surface area contributed by atoms with Crippen molar-refractivity contribution in [2.75, 3.05) is 18.1 Å². The van der Waals surface area contributed by atoms with Gasteiger partial charge in [-0.25, -0.2) is 4.79 Å². The van der Waals surface area contributed by atoms with Crippen molar-refractivity contribution < 1.29 is 19.1 Å². The van der Waals surface area contributed by atoms with Crippen molar-refractivity contribution in [1.82, 2.24) is 0 Å². The third-order valence-electron chi connectivity index (χ3n) is 4.73. The van der Waals surface area contributed by atoms with Crippen molar-refractivity contribution in [3.63, 3.8) is 0 Å². The number of carbonyl (C=O) groups is 2. The molecular formula is C21H19NO4. The first-order valence-corrected chi connectivity index (χ1v) is 8.70. The quantitative estimate of drug-likeness (QED) is 0.794. The maximum atomic E-state index is 12.9. The molecule has 2 aromatic rings. The molecule has 1 unspecified atom stereocenters. The number of benzene rings is 2. The van der Waals surface area contributed by atoms with E-state index in [0.717, 1.165) is 17.0 Å². The number of amides is 1. The molecule has 26 heavy (non-hydrogen) atoms. The van der Waals surface area contributed by atoms with Crippen LogP contribution in [-0.4, -0.2) is 25.1 Å². The van der Waals surface area contributed by atoms with Gasteiger partial charge in [-0.3, -0.25) is 9.69 Å². The Kier molecular flexibility index (Phi) is 4.21. The van der Waals surface area contributed by atoms with E-state index in [1.807, 2.05) is 61.5 Å². The van der Waals surface area contributed by atoms with Gasteiger partial charge in [-0.05, 0) is 36.8 Å². The lowest BCUT2D eigenvalue weighted by Gasteiger charge is -2.31. The van der Waals surface area contributed by atoms with Gasteiger partial charge in [-0.15, -0.1) is 0 Å². The molecular weight excluding hydrogens is 330 g/mol. The molecule has 2 aliphatic heterocycles. The molecule has 2 aliphatic rings. The molecule has 0 saturated carbocycles. The first kappa shape index (κ1) is 16.4. The number of cyclic esters (lactones) is 1. The van der Waals surface area contributed by atoms with Gasteiger partial charge in [0.2, 0.25) is 5.91 Å². The Hall–Kier alpha value is -3.08. The highest BCUT2D eigenvalue weighted by molar-refractivity contribution is 6.06. The van der Waals surface area contributed by atoms with Crippen LogP contribution in [-0.2, 0) is 14.3 Å². The van der Waals surface area contributed by atoms with E-state index in [0.29, 0.717) is 17.9 Å². The minimum absolute atomic E-state index is 0.0351. The first-order valence-electron chi connectivity index (χ1n) is 8.70. The maximum Gasteiger partial charge on any atom is 0.336 e. The molecule has 0 fully saturated rings. The predicted molar refractivity (Wildman–Crippen MR) is 96.9 cm³/mol. The molecule has 1 amide bonds. The van der Waals surface area contributed by atoms with Gasteiger partial charge < -0.3 is 9.47 Å². The van der Waals surface area contributed by atoms with Gasteiger partial charge >= 0.3 is 5.97 Å². The Labute approximate surface area is 151 Å². The molecule has 2 aromatic carbocycles. The predicted octanol–water partition coefficient (Wildman–Crippen LogP) is 3.42. The normalized spacial score (nSPS) is 19.4. The average Bonchev–Trinajstić information content (AvgIpc) is 3.04. The molecule has 4 rings (SSSR count). The van der Waals surface area contributed by atoms with Crippen LogP contribution in [0.1, 0.15) is 24.8 Å². The number of hydrogen-bond donors (Lipinski definition) is 0. The molecule has 0 spiro atoms. The molecule has 0 radical (unpaired) electrons. The molecule has 1 atom stereocenters. The summed E-state index contributed by atoms with van der Waals surface area (Å²) in [6.45, 7) is 2.65. The van der Waals surface area contributed by atoms with E-state index in [2.05, 4.69) is 0 Å². The number of anilines is 1. The van der Waals surface area contributed by atoms with Crippen molar-refractivity contribution in [2.24, 2.45) is 0 Å². The van der Waals surface area contributed by atoms with E-state index in [9.17, 15) is 9.59 Å². The minimum Gasteiger partial charge on any atom is -0.494 e. The molecule has 0 aliphatic carbocycles. The zero-order valence-corrected chi connectivity index (χ0v) is 14.5. The van der Waals surface area contributed by atoms with Gasteiger partial charge in [-0.2, -0.15) is 0 Å². The number of hydrogen-bond acceptors (Lipinski definition) is 4. The molecule has 5 nitrogen and oxygen atoms in total. The van der Waals surface area contributed by atoms with E-state index < -0.39 is 0 Å². The summed E-state index contributed by atoms with van der Waals surface area (Å²) < 4.78 is 10.8. The Morgan fingerprint density at radius 3 is 2.50 bits per heavy atom. The van der Waals surface area contributed by atoms with E-state index in [1.54, 1.807) is 4.90 Å². The van der Waals surface area contributed by atoms with Crippen LogP contribution in [0.3, 0.4) is 0 Å². The molecule has 0 aromatic heterocycles. The van der Waals surface area contributed by atoms with Crippen LogP contribution in [0.15, 0.2) is 65.9 Å². The first-order chi connectivity index (χ1) is 12.7. The zero-order chi connectivity index (χ0) is 18.1. The third-order valence-corrected chi connectivity index (χ3v) is 4.73. The smallest absolute Gasteiger partial charge is 0.336 e. The van der Waals surface area contributed by atoms with Gasteiger partial charge in [0.05, 0.1) is 17.9 Å². The zero-order valence-electron chi connectivity index (χ0n) is 14.5. The summed E-state index contributed by atoms with van der Waals surface area (Å²) in [5.74, 6) is 0.107. The second-order valence-corrected chi connectivity index (χ2v) is 6.26. The fourth-order valence-electron chi connectivity index (χ4n) is 3.58. The third kappa shape index (κ3) is 2.75. The summed E-state index contributed by atoms with van der Waals surface area (Å²) in [5.41, 5.74) is 2.91. The Morgan fingerprint density at radius 1 is 1.08 bits per heavy atom. The van der Waals surface area contributed by atoms with E-state index in [4.69, 9.17) is 9.47 Å². The van der Waals surface area contributed by atoms with Crippen molar-refractivity contribution in [1.29, 1.82) is 0 Å². The van der Waals surface area contributed by atoms with E-state index >= 15 is 0 Å². The molecule has 0 N–H and O–H groups in total. The molecule has 132 valence electrons. The summed E-state index contributed by atoms with van der Waals surface area (Å²) in [5, 5.41) is 0. The summed E-state index contributed by atoms with van der Waals surface area (Å²) in [6.07, 6.45) is 0.233. The SMILES string of the molecule is CCOc1ccc(C2CC(=O)N(c3ccccc3)C3=C2C(=O)OC3)cc1. The Bertz CT molecular complexity index is 871. The lowest BCUT2D eigenvalue weighted by atomic mass is 9.84. The highest BCUT2D eigenvalue weighted by atomic mass is 16.5. The maximum absolute atomic E-state index is 12.9. The minimum atomic E-state index is -0.340. The Balaban J connectivity index is 1.75. The second kappa shape index (κ2) is 6.67. The number of ether oxygens (including phenoxy) is 2. The lowest BCUT2D eigenvalue weighted by Crippen LogP contribution is -2.37. The van der Waals surface area contributed by atoms with Crippen molar-refractivity contribution in [2.45, 2.75) is 19.3 Å². The topological polar surface area (TPSA) is 55.8 Å². The van der Waals surface area contributed by atoms with Crippen molar-refractivity contribution in [3.8, 4) is 5.75 Å². The van der Waals surface area contributed by atoms with Crippen LogP contribution < -0.4 is 9.64 Å². The molecule has 0 bridgehead atoms. The van der Waals surface area contributed by atoms with E-state index in [1.165, 1.54) is 0 Å². The van der Waals surface area contributed by atoms with Crippen LogP contribution in [0, 0.1) is 0 Å². The fraction of sp³-hybridized carbons (Fsp3) is 0.238. The average molecular weight is 349 g/mol. The van der Waals surface area contributed by atoms with Crippen molar-refractivity contribution in [3.05, 3.63) is 71.4 Å². The summed E-state index contributed by atoms with van der Waals surface area (Å²) >= 11 is 0. The summed E-state index contributed by atoms with van der Waals surface area (Å²) in [6, 6.07) is 16.9. The number of esters is 1. The Morgan fingerprint density at radius 2 is 1.81 bits per heavy atom. The van der Waals surface area contributed by atoms with Crippen LogP contribution in [0.4, 0.5) is 5.69 Å². The summed E-state index contributed by atoms with van der Waals surface area (Å²) in [4.78, 5) is 26.9. The van der Waals surface area contributed by atoms with Gasteiger partial charge in [0, 0.05) is 18.0 Å². The monoisotopic (exact) mass is 349 g/mol. The van der Waals surface area contributed by atoms with Gasteiger partial charge in [-0.1, -0.05) is 30.3 Å². The molecule has 5 heteroatoms. The number of rotatable bonds is 4. The van der Waals surface area contributed by atoms with Crippen molar-refractivity contribution >= 4 is 17.6 Å². The van der Waals surface area contributed by atoms with E-state index in [-0.39, 0.29) is 30.8 Å². The number of carbonyl (C=O) groups excluding carboxylic acids is 2.